The lowest BCUT2D eigenvalue weighted by Crippen LogP contribution is -2.40. The van der Waals surface area contributed by atoms with Crippen LogP contribution < -0.4 is 5.73 Å². The molecule has 0 aromatic heterocycles. The van der Waals surface area contributed by atoms with E-state index in [4.69, 9.17) is 15.2 Å². The number of hydrogen-bond acceptors (Lipinski definition) is 4. The fourth-order valence-corrected chi connectivity index (χ4v) is 3.22. The highest BCUT2D eigenvalue weighted by Crippen LogP contribution is 2.29. The van der Waals surface area contributed by atoms with Crippen LogP contribution in [0.2, 0.25) is 0 Å². The van der Waals surface area contributed by atoms with Crippen LogP contribution in [0.4, 0.5) is 13.2 Å². The van der Waals surface area contributed by atoms with Gasteiger partial charge in [-0.05, 0) is 44.4 Å². The van der Waals surface area contributed by atoms with Gasteiger partial charge in [0, 0.05) is 13.0 Å². The molecule has 1 heterocycles. The van der Waals surface area contributed by atoms with Crippen LogP contribution in [-0.4, -0.2) is 37.0 Å². The van der Waals surface area contributed by atoms with Gasteiger partial charge in [-0.15, -0.1) is 0 Å². The molecule has 0 radical (unpaired) electrons. The Hall–Kier alpha value is -0.820. The first kappa shape index (κ1) is 22.2. The molecule has 0 aromatic rings. The minimum absolute atomic E-state index is 0.0102. The average Bonchev–Trinajstić information content (AvgIpc) is 2.53. The smallest absolute Gasteiger partial charge is 0.389 e. The van der Waals surface area contributed by atoms with Gasteiger partial charge < -0.3 is 15.2 Å². The zero-order valence-corrected chi connectivity index (χ0v) is 15.5. The highest BCUT2D eigenvalue weighted by molar-refractivity contribution is 5.75. The van der Waals surface area contributed by atoms with Crippen molar-refractivity contribution >= 4 is 5.97 Å². The van der Waals surface area contributed by atoms with E-state index < -0.39 is 30.7 Å². The molecule has 1 fully saturated rings. The van der Waals surface area contributed by atoms with Crippen molar-refractivity contribution in [1.29, 1.82) is 0 Å². The maximum absolute atomic E-state index is 12.3. The Morgan fingerprint density at radius 2 is 2.00 bits per heavy atom. The lowest BCUT2D eigenvalue weighted by Gasteiger charge is -2.31. The minimum Gasteiger partial charge on any atom is -0.459 e. The van der Waals surface area contributed by atoms with E-state index in [9.17, 15) is 18.0 Å². The van der Waals surface area contributed by atoms with E-state index in [-0.39, 0.29) is 25.0 Å². The molecule has 0 amide bonds. The molecule has 0 bridgehead atoms. The number of carbonyl (C=O) groups excluding carboxylic acids is 1. The van der Waals surface area contributed by atoms with Gasteiger partial charge in [0.1, 0.15) is 12.1 Å². The van der Waals surface area contributed by atoms with E-state index in [1.807, 2.05) is 0 Å². The van der Waals surface area contributed by atoms with Crippen LogP contribution in [0.1, 0.15) is 65.7 Å². The van der Waals surface area contributed by atoms with Gasteiger partial charge in [0.15, 0.2) is 0 Å². The van der Waals surface area contributed by atoms with Crippen molar-refractivity contribution in [3.8, 4) is 0 Å². The predicted molar refractivity (Wildman–Crippen MR) is 90.0 cm³/mol. The van der Waals surface area contributed by atoms with Gasteiger partial charge in [-0.1, -0.05) is 26.7 Å². The van der Waals surface area contributed by atoms with Crippen LogP contribution >= 0.6 is 0 Å². The normalized spacial score (nSPS) is 29.0. The quantitative estimate of drug-likeness (QED) is 0.541. The number of nitrogens with two attached hydrogens (primary N) is 1. The zero-order valence-electron chi connectivity index (χ0n) is 15.5. The van der Waals surface area contributed by atoms with Gasteiger partial charge in [-0.2, -0.15) is 13.2 Å². The largest absolute Gasteiger partial charge is 0.459 e. The first-order valence-corrected chi connectivity index (χ1v) is 9.24. The van der Waals surface area contributed by atoms with E-state index in [2.05, 4.69) is 13.8 Å². The van der Waals surface area contributed by atoms with Crippen molar-refractivity contribution in [1.82, 2.24) is 0 Å². The number of carbonyl (C=O) groups is 1. The van der Waals surface area contributed by atoms with Crippen LogP contribution in [0.15, 0.2) is 0 Å². The molecule has 4 nitrogen and oxygen atoms in total. The number of ether oxygens (including phenoxy) is 2. The lowest BCUT2D eigenvalue weighted by atomic mass is 9.86. The maximum atomic E-state index is 12.3. The summed E-state index contributed by atoms with van der Waals surface area (Å²) in [6.45, 7) is 6.02. The fourth-order valence-electron chi connectivity index (χ4n) is 3.22. The second-order valence-corrected chi connectivity index (χ2v) is 7.46. The molecule has 0 unspecified atom stereocenters. The molecule has 7 heteroatoms. The van der Waals surface area contributed by atoms with Crippen molar-refractivity contribution in [3.05, 3.63) is 0 Å². The molecule has 0 aromatic carbocycles. The molecule has 0 spiro atoms. The molecule has 148 valence electrons. The lowest BCUT2D eigenvalue weighted by molar-refractivity contribution is -0.162. The summed E-state index contributed by atoms with van der Waals surface area (Å²) in [5.41, 5.74) is 5.82. The molecular weight excluding hydrogens is 335 g/mol. The number of hydrogen-bond donors (Lipinski definition) is 1. The second kappa shape index (κ2) is 10.4. The Balaban J connectivity index is 2.73. The summed E-state index contributed by atoms with van der Waals surface area (Å²) in [6, 6.07) is -0.642. The third-order valence-electron chi connectivity index (χ3n) is 4.65. The molecule has 0 aliphatic carbocycles. The molecule has 4 atom stereocenters. The number of halogens is 3. The summed E-state index contributed by atoms with van der Waals surface area (Å²) in [6.07, 6.45) is -1.94. The van der Waals surface area contributed by atoms with Crippen LogP contribution in [-0.2, 0) is 14.3 Å². The van der Waals surface area contributed by atoms with Gasteiger partial charge in [0.05, 0.1) is 6.10 Å². The van der Waals surface area contributed by atoms with Crippen molar-refractivity contribution in [2.45, 2.75) is 90.1 Å². The highest BCUT2D eigenvalue weighted by atomic mass is 19.4. The number of alkyl halides is 3. The average molecular weight is 367 g/mol. The van der Waals surface area contributed by atoms with E-state index >= 15 is 0 Å². The first-order chi connectivity index (χ1) is 11.6. The molecule has 1 saturated heterocycles. The molecular formula is C18H32F3NO3. The number of cyclic esters (lactones) is 1. The SMILES string of the molecule is CC(C)CC[C@H]1CCC[C@H](N)C(=O)O[C@@H](C)[C@@H]1OCCCC(F)(F)F. The molecule has 1 rings (SSSR count). The van der Waals surface area contributed by atoms with E-state index in [1.54, 1.807) is 6.92 Å². The van der Waals surface area contributed by atoms with Gasteiger partial charge in [0.25, 0.3) is 0 Å². The van der Waals surface area contributed by atoms with Gasteiger partial charge in [-0.3, -0.25) is 4.79 Å². The zero-order chi connectivity index (χ0) is 19.0. The summed E-state index contributed by atoms with van der Waals surface area (Å²) >= 11 is 0. The summed E-state index contributed by atoms with van der Waals surface area (Å²) in [5.74, 6) is 0.223. The Morgan fingerprint density at radius 1 is 1.32 bits per heavy atom. The first-order valence-electron chi connectivity index (χ1n) is 9.24. The van der Waals surface area contributed by atoms with Crippen molar-refractivity contribution in [2.75, 3.05) is 6.61 Å². The maximum Gasteiger partial charge on any atom is 0.389 e. The standard InChI is InChI=1S/C18H32F3NO3/c1-12(2)8-9-14-6-4-7-15(22)17(23)25-13(3)16(14)24-11-5-10-18(19,20)21/h12-16H,4-11,22H2,1-3H3/t13-,14+,15-,16-/m0/s1. The van der Waals surface area contributed by atoms with Crippen LogP contribution in [0.5, 0.6) is 0 Å². The van der Waals surface area contributed by atoms with E-state index in [1.165, 1.54) is 0 Å². The van der Waals surface area contributed by atoms with Gasteiger partial charge in [0.2, 0.25) is 0 Å². The Kier molecular flexibility index (Phi) is 9.21. The third-order valence-corrected chi connectivity index (χ3v) is 4.65. The van der Waals surface area contributed by atoms with Crippen molar-refractivity contribution < 1.29 is 27.4 Å². The summed E-state index contributed by atoms with van der Waals surface area (Å²) < 4.78 is 48.1. The van der Waals surface area contributed by atoms with Crippen LogP contribution in [0, 0.1) is 11.8 Å². The summed E-state index contributed by atoms with van der Waals surface area (Å²) in [4.78, 5) is 12.0. The van der Waals surface area contributed by atoms with Crippen LogP contribution in [0.3, 0.4) is 0 Å². The molecule has 1 aliphatic rings. The summed E-state index contributed by atoms with van der Waals surface area (Å²) in [7, 11) is 0. The van der Waals surface area contributed by atoms with E-state index in [0.717, 1.165) is 25.7 Å². The van der Waals surface area contributed by atoms with Gasteiger partial charge >= 0.3 is 12.1 Å². The fraction of sp³-hybridized carbons (Fsp3) is 0.944. The third kappa shape index (κ3) is 8.90. The minimum atomic E-state index is -4.18. The highest BCUT2D eigenvalue weighted by Gasteiger charge is 2.33. The monoisotopic (exact) mass is 367 g/mol. The Morgan fingerprint density at radius 3 is 2.60 bits per heavy atom. The van der Waals surface area contributed by atoms with Crippen LogP contribution in [0.25, 0.3) is 0 Å². The predicted octanol–water partition coefficient (Wildman–Crippen LogP) is 4.21. The van der Waals surface area contributed by atoms with Crippen molar-refractivity contribution in [2.24, 2.45) is 17.6 Å². The molecule has 25 heavy (non-hydrogen) atoms. The Labute approximate surface area is 148 Å². The number of esters is 1. The summed E-state index contributed by atoms with van der Waals surface area (Å²) in [5, 5.41) is 0. The van der Waals surface area contributed by atoms with E-state index in [0.29, 0.717) is 12.3 Å². The van der Waals surface area contributed by atoms with Gasteiger partial charge in [-0.25, -0.2) is 0 Å². The topological polar surface area (TPSA) is 61.6 Å². The van der Waals surface area contributed by atoms with Crippen molar-refractivity contribution in [3.63, 3.8) is 0 Å². The molecule has 0 saturated carbocycles. The second-order valence-electron chi connectivity index (χ2n) is 7.46. The Bertz CT molecular complexity index is 402. The molecule has 2 N–H and O–H groups in total. The number of rotatable bonds is 7. The molecule has 1 aliphatic heterocycles.